The summed E-state index contributed by atoms with van der Waals surface area (Å²) in [5, 5.41) is 9.34. The van der Waals surface area contributed by atoms with Crippen molar-refractivity contribution in [1.29, 1.82) is 5.26 Å². The minimum Gasteiger partial charge on any atom is -0.192 e. The second kappa shape index (κ2) is 8.73. The predicted molar refractivity (Wildman–Crippen MR) is 108 cm³/mol. The Balaban J connectivity index is 1.62. The van der Waals surface area contributed by atoms with Crippen molar-refractivity contribution in [2.24, 2.45) is 5.92 Å². The van der Waals surface area contributed by atoms with E-state index in [1.54, 1.807) is 0 Å². The SMILES string of the molecule is CCCc1ccc(C#C[C@H]2CC[C@H](c3ccc(C)cc3)CC2)cc1C#N. The molecule has 0 aliphatic heterocycles. The smallest absolute Gasteiger partial charge is 0.0994 e. The second-order valence-electron chi connectivity index (χ2n) is 7.46. The second-order valence-corrected chi connectivity index (χ2v) is 7.46. The lowest BCUT2D eigenvalue weighted by Crippen LogP contribution is -2.12. The summed E-state index contributed by atoms with van der Waals surface area (Å²) in [6.45, 7) is 4.28. The third-order valence-electron chi connectivity index (χ3n) is 5.45. The summed E-state index contributed by atoms with van der Waals surface area (Å²) >= 11 is 0. The van der Waals surface area contributed by atoms with Gasteiger partial charge >= 0.3 is 0 Å². The highest BCUT2D eigenvalue weighted by molar-refractivity contribution is 5.46. The highest BCUT2D eigenvalue weighted by atomic mass is 14.3. The fourth-order valence-electron chi connectivity index (χ4n) is 3.84. The highest BCUT2D eigenvalue weighted by Gasteiger charge is 2.21. The number of nitrogens with zero attached hydrogens (tertiary/aromatic N) is 1. The standard InChI is InChI=1S/C25H27N/c1-3-4-22-16-11-21(17-25(22)18-26)8-7-20-9-14-24(15-10-20)23-12-5-19(2)6-13-23/h5-6,11-13,16-17,20,24H,3-4,9-10,14-15H2,1-2H3/t20-,24-. The summed E-state index contributed by atoms with van der Waals surface area (Å²) in [6.07, 6.45) is 6.81. The Morgan fingerprint density at radius 2 is 1.73 bits per heavy atom. The predicted octanol–water partition coefficient (Wildman–Crippen LogP) is 6.14. The molecule has 1 aliphatic rings. The van der Waals surface area contributed by atoms with E-state index in [4.69, 9.17) is 0 Å². The first-order chi connectivity index (χ1) is 12.7. The van der Waals surface area contributed by atoms with Crippen LogP contribution in [0.15, 0.2) is 42.5 Å². The van der Waals surface area contributed by atoms with Crippen LogP contribution in [0.3, 0.4) is 0 Å². The van der Waals surface area contributed by atoms with E-state index < -0.39 is 0 Å². The monoisotopic (exact) mass is 341 g/mol. The van der Waals surface area contributed by atoms with Crippen molar-refractivity contribution in [2.75, 3.05) is 0 Å². The average molecular weight is 341 g/mol. The van der Waals surface area contributed by atoms with Gasteiger partial charge in [0.15, 0.2) is 0 Å². The molecule has 1 heteroatoms. The van der Waals surface area contributed by atoms with Gasteiger partial charge in [0.2, 0.25) is 0 Å². The van der Waals surface area contributed by atoms with Gasteiger partial charge in [0.05, 0.1) is 11.6 Å². The number of hydrogen-bond acceptors (Lipinski definition) is 1. The quantitative estimate of drug-likeness (QED) is 0.615. The van der Waals surface area contributed by atoms with Gasteiger partial charge in [0.25, 0.3) is 0 Å². The van der Waals surface area contributed by atoms with Gasteiger partial charge in [0.1, 0.15) is 0 Å². The van der Waals surface area contributed by atoms with E-state index in [1.165, 1.54) is 36.8 Å². The molecule has 0 heterocycles. The molecule has 132 valence electrons. The van der Waals surface area contributed by atoms with Gasteiger partial charge in [-0.15, -0.1) is 0 Å². The zero-order chi connectivity index (χ0) is 18.4. The van der Waals surface area contributed by atoms with Crippen molar-refractivity contribution in [3.8, 4) is 17.9 Å². The minimum absolute atomic E-state index is 0.484. The maximum Gasteiger partial charge on any atom is 0.0994 e. The zero-order valence-electron chi connectivity index (χ0n) is 15.9. The van der Waals surface area contributed by atoms with Crippen molar-refractivity contribution in [3.63, 3.8) is 0 Å². The summed E-state index contributed by atoms with van der Waals surface area (Å²) in [4.78, 5) is 0. The molecule has 0 spiro atoms. The fourth-order valence-corrected chi connectivity index (χ4v) is 3.84. The molecule has 0 aromatic heterocycles. The van der Waals surface area contributed by atoms with Crippen LogP contribution in [0.1, 0.15) is 72.8 Å². The van der Waals surface area contributed by atoms with E-state index >= 15 is 0 Å². The molecule has 0 bridgehead atoms. The Morgan fingerprint density at radius 1 is 1.00 bits per heavy atom. The summed E-state index contributed by atoms with van der Waals surface area (Å²) in [6, 6.07) is 17.4. The van der Waals surface area contributed by atoms with E-state index in [0.29, 0.717) is 11.8 Å². The maximum atomic E-state index is 9.34. The Kier molecular flexibility index (Phi) is 6.14. The molecule has 0 atom stereocenters. The maximum absolute atomic E-state index is 9.34. The highest BCUT2D eigenvalue weighted by Crippen LogP contribution is 2.35. The largest absolute Gasteiger partial charge is 0.192 e. The van der Waals surface area contributed by atoms with Gasteiger partial charge in [-0.3, -0.25) is 0 Å². The van der Waals surface area contributed by atoms with Gasteiger partial charge < -0.3 is 0 Å². The van der Waals surface area contributed by atoms with Crippen LogP contribution in [0.5, 0.6) is 0 Å². The van der Waals surface area contributed by atoms with Crippen molar-refractivity contribution >= 4 is 0 Å². The van der Waals surface area contributed by atoms with Crippen LogP contribution in [-0.2, 0) is 6.42 Å². The normalized spacial score (nSPS) is 19.3. The lowest BCUT2D eigenvalue weighted by molar-refractivity contribution is 0.384. The molecule has 26 heavy (non-hydrogen) atoms. The van der Waals surface area contributed by atoms with E-state index in [0.717, 1.165) is 29.5 Å². The Labute approximate surface area is 158 Å². The molecule has 0 radical (unpaired) electrons. The first-order valence-electron chi connectivity index (χ1n) is 9.80. The molecular weight excluding hydrogens is 314 g/mol. The molecule has 0 saturated heterocycles. The van der Waals surface area contributed by atoms with Crippen LogP contribution in [0.25, 0.3) is 0 Å². The molecule has 1 nitrogen and oxygen atoms in total. The van der Waals surface area contributed by atoms with Crippen LogP contribution in [0.4, 0.5) is 0 Å². The lowest BCUT2D eigenvalue weighted by Gasteiger charge is -2.26. The molecule has 2 aromatic rings. The number of rotatable bonds is 3. The van der Waals surface area contributed by atoms with Gasteiger partial charge in [-0.25, -0.2) is 0 Å². The number of nitriles is 1. The van der Waals surface area contributed by atoms with Gasteiger partial charge in [-0.05, 0) is 68.2 Å². The van der Waals surface area contributed by atoms with Crippen molar-refractivity contribution in [1.82, 2.24) is 0 Å². The first kappa shape index (κ1) is 18.3. The molecule has 0 unspecified atom stereocenters. The van der Waals surface area contributed by atoms with E-state index in [2.05, 4.69) is 68.2 Å². The Bertz CT molecular complexity index is 834. The fraction of sp³-hybridized carbons (Fsp3) is 0.400. The molecular formula is C25H27N. The Hall–Kier alpha value is -2.51. The topological polar surface area (TPSA) is 23.8 Å². The summed E-state index contributed by atoms with van der Waals surface area (Å²) in [5.74, 6) is 7.95. The van der Waals surface area contributed by atoms with Crippen molar-refractivity contribution in [3.05, 3.63) is 70.3 Å². The molecule has 0 amide bonds. The van der Waals surface area contributed by atoms with Crippen molar-refractivity contribution in [2.45, 2.75) is 58.3 Å². The van der Waals surface area contributed by atoms with Gasteiger partial charge in [-0.2, -0.15) is 5.26 Å². The molecule has 3 rings (SSSR count). The summed E-state index contributed by atoms with van der Waals surface area (Å²) < 4.78 is 0. The van der Waals surface area contributed by atoms with Crippen LogP contribution < -0.4 is 0 Å². The van der Waals surface area contributed by atoms with Crippen LogP contribution in [0.2, 0.25) is 0 Å². The minimum atomic E-state index is 0.484. The average Bonchev–Trinajstić information content (AvgIpc) is 2.68. The number of hydrogen-bond donors (Lipinski definition) is 0. The first-order valence-corrected chi connectivity index (χ1v) is 9.80. The van der Waals surface area contributed by atoms with Gasteiger partial charge in [-0.1, -0.05) is 61.1 Å². The van der Waals surface area contributed by atoms with E-state index in [9.17, 15) is 5.26 Å². The van der Waals surface area contributed by atoms with Crippen molar-refractivity contribution < 1.29 is 0 Å². The number of aryl methyl sites for hydroxylation is 2. The molecule has 0 N–H and O–H groups in total. The molecule has 1 aliphatic carbocycles. The zero-order valence-corrected chi connectivity index (χ0v) is 15.9. The lowest BCUT2D eigenvalue weighted by atomic mass is 9.79. The Morgan fingerprint density at radius 3 is 2.38 bits per heavy atom. The third kappa shape index (κ3) is 4.56. The van der Waals surface area contributed by atoms with Crippen LogP contribution >= 0.6 is 0 Å². The molecule has 1 saturated carbocycles. The molecule has 2 aromatic carbocycles. The van der Waals surface area contributed by atoms with E-state index in [-0.39, 0.29) is 0 Å². The van der Waals surface area contributed by atoms with Gasteiger partial charge in [0, 0.05) is 11.5 Å². The van der Waals surface area contributed by atoms with Crippen LogP contribution in [-0.4, -0.2) is 0 Å². The van der Waals surface area contributed by atoms with Crippen LogP contribution in [0, 0.1) is 36.0 Å². The summed E-state index contributed by atoms with van der Waals surface area (Å²) in [7, 11) is 0. The number of benzene rings is 2. The summed E-state index contributed by atoms with van der Waals surface area (Å²) in [5.41, 5.74) is 5.70. The van der Waals surface area contributed by atoms with E-state index in [1.807, 2.05) is 6.07 Å². The molecule has 1 fully saturated rings. The third-order valence-corrected chi connectivity index (χ3v) is 5.45.